The first kappa shape index (κ1) is 8.33. The number of pyridine rings is 1. The summed E-state index contributed by atoms with van der Waals surface area (Å²) in [7, 11) is 0. The molecule has 2 nitrogen and oxygen atoms in total. The summed E-state index contributed by atoms with van der Waals surface area (Å²) in [6.07, 6.45) is 1.79. The predicted octanol–water partition coefficient (Wildman–Crippen LogP) is 2.10. The van der Waals surface area contributed by atoms with Gasteiger partial charge in [-0.2, -0.15) is 4.39 Å². The summed E-state index contributed by atoms with van der Waals surface area (Å²) in [6, 6.07) is 0. The van der Waals surface area contributed by atoms with Gasteiger partial charge < -0.3 is 0 Å². The molecule has 0 fully saturated rings. The van der Waals surface area contributed by atoms with Gasteiger partial charge in [-0.1, -0.05) is 0 Å². The van der Waals surface area contributed by atoms with Gasteiger partial charge in [0.15, 0.2) is 6.29 Å². The average Bonchev–Trinajstić information content (AvgIpc) is 1.99. The number of aldehydes is 1. The molecule has 0 amide bonds. The Kier molecular flexibility index (Phi) is 2.34. The smallest absolute Gasteiger partial charge is 0.223 e. The molecule has 11 heavy (non-hydrogen) atoms. The maximum atomic E-state index is 12.7. The van der Waals surface area contributed by atoms with Crippen molar-refractivity contribution in [1.82, 2.24) is 4.98 Å². The molecule has 1 heterocycles. The molecule has 1 rings (SSSR count). The predicted molar refractivity (Wildman–Crippen MR) is 42.0 cm³/mol. The van der Waals surface area contributed by atoms with Crippen molar-refractivity contribution in [3.8, 4) is 0 Å². The third-order valence-corrected chi connectivity index (χ3v) is 2.19. The average molecular weight is 218 g/mol. The van der Waals surface area contributed by atoms with Crippen LogP contribution in [-0.2, 0) is 0 Å². The van der Waals surface area contributed by atoms with Crippen LogP contribution in [0.5, 0.6) is 0 Å². The molecular formula is C7H5BrFNO. The van der Waals surface area contributed by atoms with Crippen molar-refractivity contribution >= 4 is 22.2 Å². The lowest BCUT2D eigenvalue weighted by molar-refractivity contribution is 0.111. The van der Waals surface area contributed by atoms with Crippen molar-refractivity contribution in [2.24, 2.45) is 0 Å². The van der Waals surface area contributed by atoms with Crippen LogP contribution >= 0.6 is 15.9 Å². The van der Waals surface area contributed by atoms with Gasteiger partial charge in [0.2, 0.25) is 5.95 Å². The van der Waals surface area contributed by atoms with E-state index < -0.39 is 5.95 Å². The Morgan fingerprint density at radius 1 is 1.73 bits per heavy atom. The molecule has 0 aliphatic heterocycles. The maximum absolute atomic E-state index is 12.7. The molecule has 0 spiro atoms. The number of nitrogens with zero attached hydrogens (tertiary/aromatic N) is 1. The molecule has 0 atom stereocenters. The Balaban J connectivity index is 3.40. The largest absolute Gasteiger partial charge is 0.298 e. The fourth-order valence-corrected chi connectivity index (χ4v) is 1.02. The molecule has 0 aliphatic rings. The Morgan fingerprint density at radius 3 is 2.82 bits per heavy atom. The SMILES string of the molecule is Cc1c(Br)cnc(F)c1C=O. The second-order valence-corrected chi connectivity index (χ2v) is 2.91. The Bertz CT molecular complexity index is 301. The van der Waals surface area contributed by atoms with Crippen LogP contribution < -0.4 is 0 Å². The van der Waals surface area contributed by atoms with Crippen LogP contribution in [-0.4, -0.2) is 11.3 Å². The second kappa shape index (κ2) is 3.09. The lowest BCUT2D eigenvalue weighted by Crippen LogP contribution is -1.96. The van der Waals surface area contributed by atoms with Crippen LogP contribution in [0.25, 0.3) is 0 Å². The lowest BCUT2D eigenvalue weighted by Gasteiger charge is -2.00. The van der Waals surface area contributed by atoms with Gasteiger partial charge >= 0.3 is 0 Å². The molecule has 58 valence electrons. The van der Waals surface area contributed by atoms with Gasteiger partial charge in [-0.25, -0.2) is 4.98 Å². The molecule has 1 aromatic heterocycles. The van der Waals surface area contributed by atoms with Crippen LogP contribution in [0.3, 0.4) is 0 Å². The molecule has 0 N–H and O–H groups in total. The van der Waals surface area contributed by atoms with Crippen molar-refractivity contribution < 1.29 is 9.18 Å². The maximum Gasteiger partial charge on any atom is 0.223 e. The number of rotatable bonds is 1. The van der Waals surface area contributed by atoms with E-state index in [1.807, 2.05) is 0 Å². The minimum Gasteiger partial charge on any atom is -0.298 e. The van der Waals surface area contributed by atoms with Crippen LogP contribution in [0.15, 0.2) is 10.7 Å². The third kappa shape index (κ3) is 1.45. The minimum atomic E-state index is -0.722. The highest BCUT2D eigenvalue weighted by molar-refractivity contribution is 9.10. The van der Waals surface area contributed by atoms with Crippen molar-refractivity contribution in [2.45, 2.75) is 6.92 Å². The normalized spacial score (nSPS) is 9.73. The van der Waals surface area contributed by atoms with E-state index in [9.17, 15) is 9.18 Å². The highest BCUT2D eigenvalue weighted by Crippen LogP contribution is 2.18. The molecular weight excluding hydrogens is 213 g/mol. The van der Waals surface area contributed by atoms with E-state index in [2.05, 4.69) is 20.9 Å². The first-order chi connectivity index (χ1) is 5.16. The fraction of sp³-hybridized carbons (Fsp3) is 0.143. The molecule has 0 aliphatic carbocycles. The molecule has 0 aromatic carbocycles. The summed E-state index contributed by atoms with van der Waals surface area (Å²) < 4.78 is 13.3. The zero-order valence-electron chi connectivity index (χ0n) is 5.77. The van der Waals surface area contributed by atoms with Crippen molar-refractivity contribution in [2.75, 3.05) is 0 Å². The van der Waals surface area contributed by atoms with Gasteiger partial charge in [0.1, 0.15) is 0 Å². The van der Waals surface area contributed by atoms with E-state index in [4.69, 9.17) is 0 Å². The Hall–Kier alpha value is -0.770. The van der Waals surface area contributed by atoms with Crippen LogP contribution in [0.1, 0.15) is 15.9 Å². The second-order valence-electron chi connectivity index (χ2n) is 2.05. The summed E-state index contributed by atoms with van der Waals surface area (Å²) >= 11 is 3.13. The Labute approximate surface area is 71.6 Å². The molecule has 1 aromatic rings. The standard InChI is InChI=1S/C7H5BrFNO/c1-4-5(3-11)7(9)10-2-6(4)8/h2-3H,1H3. The first-order valence-electron chi connectivity index (χ1n) is 2.92. The van der Waals surface area contributed by atoms with E-state index in [0.717, 1.165) is 0 Å². The van der Waals surface area contributed by atoms with E-state index in [1.54, 1.807) is 6.92 Å². The van der Waals surface area contributed by atoms with Gasteiger partial charge in [0.25, 0.3) is 0 Å². The number of hydrogen-bond acceptors (Lipinski definition) is 2. The van der Waals surface area contributed by atoms with E-state index >= 15 is 0 Å². The van der Waals surface area contributed by atoms with Crippen molar-refractivity contribution in [3.63, 3.8) is 0 Å². The quantitative estimate of drug-likeness (QED) is 0.533. The summed E-state index contributed by atoms with van der Waals surface area (Å²) in [6.45, 7) is 1.65. The van der Waals surface area contributed by atoms with Gasteiger partial charge in [0.05, 0.1) is 5.56 Å². The monoisotopic (exact) mass is 217 g/mol. The van der Waals surface area contributed by atoms with Crippen LogP contribution in [0.4, 0.5) is 4.39 Å². The Morgan fingerprint density at radius 2 is 2.36 bits per heavy atom. The van der Waals surface area contributed by atoms with E-state index in [0.29, 0.717) is 16.3 Å². The summed E-state index contributed by atoms with van der Waals surface area (Å²) in [5, 5.41) is 0. The summed E-state index contributed by atoms with van der Waals surface area (Å²) in [5.41, 5.74) is 0.590. The first-order valence-corrected chi connectivity index (χ1v) is 3.72. The molecule has 0 saturated heterocycles. The third-order valence-electron chi connectivity index (χ3n) is 1.39. The van der Waals surface area contributed by atoms with Crippen LogP contribution in [0.2, 0.25) is 0 Å². The van der Waals surface area contributed by atoms with Crippen molar-refractivity contribution in [3.05, 3.63) is 27.7 Å². The van der Waals surface area contributed by atoms with Gasteiger partial charge in [-0.05, 0) is 28.4 Å². The number of aromatic nitrogens is 1. The summed E-state index contributed by atoms with van der Waals surface area (Å²) in [5.74, 6) is -0.722. The minimum absolute atomic E-state index is 0.0133. The molecule has 0 unspecified atom stereocenters. The number of halogens is 2. The van der Waals surface area contributed by atoms with Gasteiger partial charge in [-0.3, -0.25) is 4.79 Å². The zero-order valence-corrected chi connectivity index (χ0v) is 7.35. The van der Waals surface area contributed by atoms with Gasteiger partial charge in [-0.15, -0.1) is 0 Å². The molecule has 0 bridgehead atoms. The molecule has 0 saturated carbocycles. The van der Waals surface area contributed by atoms with E-state index in [-0.39, 0.29) is 5.56 Å². The van der Waals surface area contributed by atoms with Crippen LogP contribution in [0, 0.1) is 12.9 Å². The highest BCUT2D eigenvalue weighted by Gasteiger charge is 2.07. The zero-order chi connectivity index (χ0) is 8.43. The van der Waals surface area contributed by atoms with Crippen molar-refractivity contribution in [1.29, 1.82) is 0 Å². The summed E-state index contributed by atoms with van der Waals surface area (Å²) in [4.78, 5) is 13.7. The molecule has 0 radical (unpaired) electrons. The highest BCUT2D eigenvalue weighted by atomic mass is 79.9. The number of hydrogen-bond donors (Lipinski definition) is 0. The number of carbonyl (C=O) groups excluding carboxylic acids is 1. The lowest BCUT2D eigenvalue weighted by atomic mass is 10.2. The van der Waals surface area contributed by atoms with E-state index in [1.165, 1.54) is 6.20 Å². The van der Waals surface area contributed by atoms with Gasteiger partial charge in [0, 0.05) is 10.7 Å². The topological polar surface area (TPSA) is 30.0 Å². The molecule has 4 heteroatoms. The fourth-order valence-electron chi connectivity index (χ4n) is 0.700. The number of carbonyl (C=O) groups is 1.